The normalized spacial score (nSPS) is 16.2. The highest BCUT2D eigenvalue weighted by atomic mass is 16.6. The summed E-state index contributed by atoms with van der Waals surface area (Å²) in [4.78, 5) is 0. The predicted octanol–water partition coefficient (Wildman–Crippen LogP) is 4.10. The first-order valence-corrected chi connectivity index (χ1v) is 8.38. The number of fused-ring (bicyclic) bond motifs is 1. The van der Waals surface area contributed by atoms with Crippen molar-refractivity contribution in [2.24, 2.45) is 0 Å². The molecule has 5 heteroatoms. The predicted molar refractivity (Wildman–Crippen MR) is 94.6 cm³/mol. The fourth-order valence-electron chi connectivity index (χ4n) is 2.61. The van der Waals surface area contributed by atoms with Crippen LogP contribution in [0.5, 0.6) is 23.0 Å². The molecule has 0 amide bonds. The average Bonchev–Trinajstić information content (AvgIpc) is 2.99. The van der Waals surface area contributed by atoms with Crippen LogP contribution in [-0.4, -0.2) is 31.0 Å². The molecule has 0 spiro atoms. The third kappa shape index (κ3) is 4.44. The topological polar surface area (TPSA) is 57.2 Å². The molecule has 0 radical (unpaired) electrons. The smallest absolute Gasteiger partial charge is 0.169 e. The molecule has 0 unspecified atom stereocenters. The number of benzene rings is 2. The molecule has 1 heterocycles. The summed E-state index contributed by atoms with van der Waals surface area (Å²) in [5.74, 6) is 2.85. The maximum atomic E-state index is 9.70. The molecule has 25 heavy (non-hydrogen) atoms. The van der Waals surface area contributed by atoms with Gasteiger partial charge in [0, 0.05) is 19.1 Å². The van der Waals surface area contributed by atoms with Gasteiger partial charge in [-0.2, -0.15) is 0 Å². The maximum absolute atomic E-state index is 9.70. The molecular weight excluding hydrogens is 320 g/mol. The Kier molecular flexibility index (Phi) is 5.16. The van der Waals surface area contributed by atoms with Gasteiger partial charge in [0.2, 0.25) is 0 Å². The molecule has 0 saturated carbocycles. The fraction of sp³-hybridized carbons (Fsp3) is 0.400. The van der Waals surface area contributed by atoms with Crippen molar-refractivity contribution in [3.05, 3.63) is 48.0 Å². The van der Waals surface area contributed by atoms with Crippen LogP contribution in [0.25, 0.3) is 0 Å². The first-order chi connectivity index (χ1) is 12.0. The number of para-hydroxylation sites is 1. The van der Waals surface area contributed by atoms with E-state index in [4.69, 9.17) is 18.9 Å². The minimum atomic E-state index is -0.725. The summed E-state index contributed by atoms with van der Waals surface area (Å²) >= 11 is 0. The van der Waals surface area contributed by atoms with Crippen LogP contribution in [0.15, 0.2) is 42.5 Å². The van der Waals surface area contributed by atoms with Crippen LogP contribution in [0.3, 0.4) is 0 Å². The van der Waals surface area contributed by atoms with E-state index in [0.29, 0.717) is 31.1 Å². The van der Waals surface area contributed by atoms with Crippen molar-refractivity contribution < 1.29 is 24.1 Å². The molecule has 5 nitrogen and oxygen atoms in total. The van der Waals surface area contributed by atoms with Gasteiger partial charge in [0.15, 0.2) is 11.5 Å². The summed E-state index contributed by atoms with van der Waals surface area (Å²) in [6.07, 6.45) is 0.518. The summed E-state index contributed by atoms with van der Waals surface area (Å²) in [6.45, 7) is 4.49. The van der Waals surface area contributed by atoms with Crippen molar-refractivity contribution >= 4 is 0 Å². The molecule has 2 aromatic carbocycles. The first kappa shape index (κ1) is 17.6. The molecule has 1 N–H and O–H groups in total. The molecule has 0 bridgehead atoms. The fourth-order valence-corrected chi connectivity index (χ4v) is 2.61. The van der Waals surface area contributed by atoms with Crippen LogP contribution in [-0.2, 0) is 4.74 Å². The molecule has 3 rings (SSSR count). The van der Waals surface area contributed by atoms with Crippen LogP contribution >= 0.6 is 0 Å². The molecule has 0 aromatic heterocycles. The Balaban J connectivity index is 1.64. The number of rotatable bonds is 7. The van der Waals surface area contributed by atoms with Crippen molar-refractivity contribution in [1.82, 2.24) is 0 Å². The van der Waals surface area contributed by atoms with E-state index in [0.717, 1.165) is 17.1 Å². The lowest BCUT2D eigenvalue weighted by Crippen LogP contribution is -2.21. The van der Waals surface area contributed by atoms with E-state index >= 15 is 0 Å². The monoisotopic (exact) mass is 344 g/mol. The van der Waals surface area contributed by atoms with E-state index in [1.807, 2.05) is 42.5 Å². The van der Waals surface area contributed by atoms with Gasteiger partial charge in [0.1, 0.15) is 24.2 Å². The Bertz CT molecular complexity index is 703. The van der Waals surface area contributed by atoms with Gasteiger partial charge in [-0.15, -0.1) is 0 Å². The molecule has 1 aliphatic heterocycles. The van der Waals surface area contributed by atoms with Crippen LogP contribution in [0, 0.1) is 0 Å². The van der Waals surface area contributed by atoms with E-state index in [2.05, 4.69) is 0 Å². The maximum Gasteiger partial charge on any atom is 0.169 e. The van der Waals surface area contributed by atoms with Crippen molar-refractivity contribution in [2.75, 3.05) is 20.3 Å². The van der Waals surface area contributed by atoms with E-state index < -0.39 is 5.60 Å². The van der Waals surface area contributed by atoms with Crippen molar-refractivity contribution in [3.8, 4) is 23.0 Å². The van der Waals surface area contributed by atoms with Crippen molar-refractivity contribution in [1.29, 1.82) is 0 Å². The molecule has 2 aromatic rings. The summed E-state index contributed by atoms with van der Waals surface area (Å²) < 4.78 is 22.7. The van der Waals surface area contributed by atoms with Gasteiger partial charge in [-0.1, -0.05) is 12.1 Å². The standard InChI is InChI=1S/C20H24O5/c1-20(2,21)11-12-23-14-7-9-15(10-8-14)25-17-6-4-5-16-18(22-3)13-24-19(16)17/h4-10,18,21H,11-13H2,1-3H3/t18-/m1/s1. The SMILES string of the molecule is CO[C@@H]1COc2c(Oc3ccc(OCCC(C)(C)O)cc3)cccc21. The Morgan fingerprint density at radius 2 is 1.84 bits per heavy atom. The molecule has 0 aliphatic carbocycles. The third-order valence-corrected chi connectivity index (χ3v) is 4.05. The second-order valence-electron chi connectivity index (χ2n) is 6.69. The number of aliphatic hydroxyl groups is 1. The lowest BCUT2D eigenvalue weighted by atomic mass is 10.1. The summed E-state index contributed by atoms with van der Waals surface area (Å²) in [7, 11) is 1.67. The minimum Gasteiger partial charge on any atom is -0.493 e. The lowest BCUT2D eigenvalue weighted by molar-refractivity contribution is 0.0553. The average molecular weight is 344 g/mol. The number of methoxy groups -OCH3 is 1. The summed E-state index contributed by atoms with van der Waals surface area (Å²) in [5.41, 5.74) is 0.281. The zero-order valence-corrected chi connectivity index (χ0v) is 14.8. The molecule has 134 valence electrons. The van der Waals surface area contributed by atoms with Crippen molar-refractivity contribution in [2.45, 2.75) is 32.0 Å². The Morgan fingerprint density at radius 3 is 2.52 bits per heavy atom. The van der Waals surface area contributed by atoms with Gasteiger partial charge in [0.25, 0.3) is 0 Å². The second kappa shape index (κ2) is 7.33. The Hall–Kier alpha value is -2.24. The zero-order valence-electron chi connectivity index (χ0n) is 14.8. The number of hydrogen-bond acceptors (Lipinski definition) is 5. The first-order valence-electron chi connectivity index (χ1n) is 8.38. The van der Waals surface area contributed by atoms with E-state index in [1.54, 1.807) is 21.0 Å². The molecular formula is C20H24O5. The highest BCUT2D eigenvalue weighted by Gasteiger charge is 2.27. The van der Waals surface area contributed by atoms with Crippen LogP contribution in [0.4, 0.5) is 0 Å². The van der Waals surface area contributed by atoms with Gasteiger partial charge in [-0.25, -0.2) is 0 Å². The van der Waals surface area contributed by atoms with Crippen LogP contribution < -0.4 is 14.2 Å². The summed E-state index contributed by atoms with van der Waals surface area (Å²) in [5, 5.41) is 9.70. The Labute approximate surface area is 148 Å². The minimum absolute atomic E-state index is 0.0508. The molecule has 1 atom stereocenters. The molecule has 1 aliphatic rings. The van der Waals surface area contributed by atoms with Crippen LogP contribution in [0.2, 0.25) is 0 Å². The van der Waals surface area contributed by atoms with Crippen molar-refractivity contribution in [3.63, 3.8) is 0 Å². The second-order valence-corrected chi connectivity index (χ2v) is 6.69. The lowest BCUT2D eigenvalue weighted by Gasteiger charge is -2.17. The largest absolute Gasteiger partial charge is 0.493 e. The number of ether oxygens (including phenoxy) is 4. The zero-order chi connectivity index (χ0) is 17.9. The summed E-state index contributed by atoms with van der Waals surface area (Å²) in [6, 6.07) is 13.2. The Morgan fingerprint density at radius 1 is 1.12 bits per heavy atom. The molecule has 0 fully saturated rings. The van der Waals surface area contributed by atoms with Gasteiger partial charge in [-0.3, -0.25) is 0 Å². The highest BCUT2D eigenvalue weighted by molar-refractivity contribution is 5.51. The quantitative estimate of drug-likeness (QED) is 0.819. The van der Waals surface area contributed by atoms with Gasteiger partial charge >= 0.3 is 0 Å². The van der Waals surface area contributed by atoms with Gasteiger partial charge in [0.05, 0.1) is 12.2 Å². The van der Waals surface area contributed by atoms with E-state index in [-0.39, 0.29) is 6.10 Å². The molecule has 0 saturated heterocycles. The van der Waals surface area contributed by atoms with E-state index in [9.17, 15) is 5.11 Å². The van der Waals surface area contributed by atoms with Gasteiger partial charge in [-0.05, 0) is 44.2 Å². The third-order valence-electron chi connectivity index (χ3n) is 4.05. The number of hydrogen-bond donors (Lipinski definition) is 1. The van der Waals surface area contributed by atoms with Crippen LogP contribution in [0.1, 0.15) is 31.9 Å². The van der Waals surface area contributed by atoms with Gasteiger partial charge < -0.3 is 24.1 Å². The van der Waals surface area contributed by atoms with E-state index in [1.165, 1.54) is 0 Å². The highest BCUT2D eigenvalue weighted by Crippen LogP contribution is 2.43.